The number of nitrogens with one attached hydrogen (secondary N) is 2. The van der Waals surface area contributed by atoms with Crippen LogP contribution in [0.4, 0.5) is 10.1 Å². The molecule has 0 saturated heterocycles. The van der Waals surface area contributed by atoms with Gasteiger partial charge in [0.2, 0.25) is 0 Å². The lowest BCUT2D eigenvalue weighted by atomic mass is 10.1. The Morgan fingerprint density at radius 1 is 1.19 bits per heavy atom. The van der Waals surface area contributed by atoms with E-state index in [1.807, 2.05) is 25.1 Å². The largest absolute Gasteiger partial charge is 0.465 e. The Morgan fingerprint density at radius 3 is 2.62 bits per heavy atom. The standard InChI is InChI=1S/C19H17FN2O2S2/c1-11(12-3-5-14(20)6-4-12)21-19(25)22-15-7-8-16-13(9-15)10-17(26-16)18(23)24-2/h3-11H,1-2H3,(H2,21,22,25). The number of fused-ring (bicyclic) bond motifs is 1. The first kappa shape index (κ1) is 18.3. The smallest absolute Gasteiger partial charge is 0.348 e. The number of carbonyl (C=O) groups excluding carboxylic acids is 1. The van der Waals surface area contributed by atoms with E-state index in [2.05, 4.69) is 10.6 Å². The molecule has 134 valence electrons. The van der Waals surface area contributed by atoms with Gasteiger partial charge in [-0.05, 0) is 66.5 Å². The Bertz CT molecular complexity index is 954. The summed E-state index contributed by atoms with van der Waals surface area (Å²) in [4.78, 5) is 12.2. The Kier molecular flexibility index (Phi) is 5.49. The number of hydrogen-bond acceptors (Lipinski definition) is 4. The van der Waals surface area contributed by atoms with Gasteiger partial charge in [-0.25, -0.2) is 9.18 Å². The molecule has 0 amide bonds. The third kappa shape index (κ3) is 4.17. The van der Waals surface area contributed by atoms with Crippen LogP contribution < -0.4 is 10.6 Å². The van der Waals surface area contributed by atoms with Crippen LogP contribution in [0.25, 0.3) is 10.1 Å². The molecule has 0 aliphatic carbocycles. The van der Waals surface area contributed by atoms with Gasteiger partial charge in [0.15, 0.2) is 5.11 Å². The lowest BCUT2D eigenvalue weighted by molar-refractivity contribution is 0.0606. The molecule has 2 N–H and O–H groups in total. The molecule has 0 radical (unpaired) electrons. The lowest BCUT2D eigenvalue weighted by Gasteiger charge is -2.17. The third-order valence-corrected chi connectivity index (χ3v) is 5.19. The van der Waals surface area contributed by atoms with Crippen LogP contribution in [0.2, 0.25) is 0 Å². The number of thiocarbonyl (C=S) groups is 1. The van der Waals surface area contributed by atoms with E-state index < -0.39 is 0 Å². The summed E-state index contributed by atoms with van der Waals surface area (Å²) in [5.41, 5.74) is 1.75. The number of carbonyl (C=O) groups is 1. The van der Waals surface area contributed by atoms with E-state index in [9.17, 15) is 9.18 Å². The van der Waals surface area contributed by atoms with Crippen molar-refractivity contribution in [3.63, 3.8) is 0 Å². The first-order valence-corrected chi connectivity index (χ1v) is 9.13. The van der Waals surface area contributed by atoms with E-state index in [0.29, 0.717) is 9.99 Å². The molecule has 0 bridgehead atoms. The summed E-state index contributed by atoms with van der Waals surface area (Å²) in [5, 5.41) is 7.71. The monoisotopic (exact) mass is 388 g/mol. The molecule has 3 rings (SSSR count). The first-order chi connectivity index (χ1) is 12.5. The third-order valence-electron chi connectivity index (χ3n) is 3.88. The number of thiophene rings is 1. The molecule has 0 fully saturated rings. The molecular formula is C19H17FN2O2S2. The van der Waals surface area contributed by atoms with Crippen LogP contribution in [0.3, 0.4) is 0 Å². The summed E-state index contributed by atoms with van der Waals surface area (Å²) in [6.45, 7) is 1.95. The molecule has 1 aromatic heterocycles. The zero-order chi connectivity index (χ0) is 18.7. The Labute approximate surface area is 160 Å². The molecule has 0 aliphatic heterocycles. The highest BCUT2D eigenvalue weighted by Crippen LogP contribution is 2.28. The van der Waals surface area contributed by atoms with Crippen molar-refractivity contribution < 1.29 is 13.9 Å². The number of halogens is 1. The number of esters is 1. The average molecular weight is 388 g/mol. The van der Waals surface area contributed by atoms with Gasteiger partial charge in [0.25, 0.3) is 0 Å². The average Bonchev–Trinajstić information content (AvgIpc) is 3.04. The summed E-state index contributed by atoms with van der Waals surface area (Å²) < 4.78 is 18.8. The first-order valence-electron chi connectivity index (χ1n) is 7.91. The van der Waals surface area contributed by atoms with Crippen LogP contribution in [-0.4, -0.2) is 18.2 Å². The van der Waals surface area contributed by atoms with Crippen molar-refractivity contribution in [1.82, 2.24) is 5.32 Å². The van der Waals surface area contributed by atoms with Crippen molar-refractivity contribution in [1.29, 1.82) is 0 Å². The molecule has 0 aliphatic rings. The maximum absolute atomic E-state index is 13.0. The SMILES string of the molecule is COC(=O)c1cc2cc(NC(=S)NC(C)c3ccc(F)cc3)ccc2s1. The van der Waals surface area contributed by atoms with Gasteiger partial charge in [-0.15, -0.1) is 11.3 Å². The van der Waals surface area contributed by atoms with Crippen LogP contribution in [0.5, 0.6) is 0 Å². The summed E-state index contributed by atoms with van der Waals surface area (Å²) in [7, 11) is 1.37. The van der Waals surface area contributed by atoms with Gasteiger partial charge >= 0.3 is 5.97 Å². The predicted molar refractivity (Wildman–Crippen MR) is 107 cm³/mol. The van der Waals surface area contributed by atoms with Crippen molar-refractivity contribution in [3.05, 3.63) is 64.8 Å². The Balaban J connectivity index is 1.68. The van der Waals surface area contributed by atoms with Crippen molar-refractivity contribution in [2.45, 2.75) is 13.0 Å². The van der Waals surface area contributed by atoms with Crippen LogP contribution in [0.15, 0.2) is 48.5 Å². The molecule has 1 atom stereocenters. The Hall–Kier alpha value is -2.51. The van der Waals surface area contributed by atoms with E-state index in [0.717, 1.165) is 21.3 Å². The van der Waals surface area contributed by atoms with E-state index in [4.69, 9.17) is 17.0 Å². The van der Waals surface area contributed by atoms with Crippen LogP contribution in [0, 0.1) is 5.82 Å². The van der Waals surface area contributed by atoms with Gasteiger partial charge in [-0.2, -0.15) is 0 Å². The van der Waals surface area contributed by atoms with Gasteiger partial charge in [-0.1, -0.05) is 12.1 Å². The zero-order valence-corrected chi connectivity index (χ0v) is 15.8. The number of hydrogen-bond donors (Lipinski definition) is 2. The normalized spacial score (nSPS) is 11.8. The molecular weight excluding hydrogens is 371 g/mol. The highest BCUT2D eigenvalue weighted by molar-refractivity contribution is 7.80. The minimum Gasteiger partial charge on any atom is -0.465 e. The van der Waals surface area contributed by atoms with E-state index in [1.54, 1.807) is 18.2 Å². The number of anilines is 1. The zero-order valence-electron chi connectivity index (χ0n) is 14.2. The maximum atomic E-state index is 13.0. The molecule has 7 heteroatoms. The number of rotatable bonds is 4. The quantitative estimate of drug-likeness (QED) is 0.493. The fourth-order valence-electron chi connectivity index (χ4n) is 2.52. The van der Waals surface area contributed by atoms with Crippen LogP contribution in [-0.2, 0) is 4.74 Å². The molecule has 1 heterocycles. The molecule has 1 unspecified atom stereocenters. The van der Waals surface area contributed by atoms with Gasteiger partial charge in [0.1, 0.15) is 10.7 Å². The second kappa shape index (κ2) is 7.80. The highest BCUT2D eigenvalue weighted by atomic mass is 32.1. The molecule has 0 spiro atoms. The fourth-order valence-corrected chi connectivity index (χ4v) is 3.78. The highest BCUT2D eigenvalue weighted by Gasteiger charge is 2.11. The predicted octanol–water partition coefficient (Wildman–Crippen LogP) is 4.87. The van der Waals surface area contributed by atoms with Crippen molar-refractivity contribution >= 4 is 50.4 Å². The topological polar surface area (TPSA) is 50.4 Å². The summed E-state index contributed by atoms with van der Waals surface area (Å²) in [6.07, 6.45) is 0. The van der Waals surface area contributed by atoms with E-state index >= 15 is 0 Å². The molecule has 2 aromatic carbocycles. The summed E-state index contributed by atoms with van der Waals surface area (Å²) in [6, 6.07) is 13.8. The van der Waals surface area contributed by atoms with Gasteiger partial charge in [0.05, 0.1) is 13.2 Å². The summed E-state index contributed by atoms with van der Waals surface area (Å²) in [5.74, 6) is -0.608. The van der Waals surface area contributed by atoms with Crippen molar-refractivity contribution in [2.24, 2.45) is 0 Å². The van der Waals surface area contributed by atoms with Crippen molar-refractivity contribution in [3.8, 4) is 0 Å². The van der Waals surface area contributed by atoms with E-state index in [-0.39, 0.29) is 17.8 Å². The van der Waals surface area contributed by atoms with Crippen molar-refractivity contribution in [2.75, 3.05) is 12.4 Å². The van der Waals surface area contributed by atoms with E-state index in [1.165, 1.54) is 30.6 Å². The minimum absolute atomic E-state index is 0.0635. The van der Waals surface area contributed by atoms with Gasteiger partial charge < -0.3 is 15.4 Å². The molecule has 4 nitrogen and oxygen atoms in total. The second-order valence-electron chi connectivity index (χ2n) is 5.73. The Morgan fingerprint density at radius 2 is 1.92 bits per heavy atom. The summed E-state index contributed by atoms with van der Waals surface area (Å²) >= 11 is 6.74. The minimum atomic E-state index is -0.342. The number of benzene rings is 2. The molecule has 0 saturated carbocycles. The lowest BCUT2D eigenvalue weighted by Crippen LogP contribution is -2.30. The van der Waals surface area contributed by atoms with Crippen LogP contribution in [0.1, 0.15) is 28.2 Å². The van der Waals surface area contributed by atoms with Gasteiger partial charge in [-0.3, -0.25) is 0 Å². The van der Waals surface area contributed by atoms with Crippen LogP contribution >= 0.6 is 23.6 Å². The fraction of sp³-hybridized carbons (Fsp3) is 0.158. The number of methoxy groups -OCH3 is 1. The number of ether oxygens (including phenoxy) is 1. The molecule has 3 aromatic rings. The van der Waals surface area contributed by atoms with Gasteiger partial charge in [0, 0.05) is 10.4 Å². The second-order valence-corrected chi connectivity index (χ2v) is 7.22. The molecule has 26 heavy (non-hydrogen) atoms. The maximum Gasteiger partial charge on any atom is 0.348 e.